The highest BCUT2D eigenvalue weighted by atomic mass is 16.4. The van der Waals surface area contributed by atoms with Crippen LogP contribution < -0.4 is 11.1 Å². The molecule has 0 aromatic carbocycles. The van der Waals surface area contributed by atoms with E-state index in [9.17, 15) is 4.79 Å². The van der Waals surface area contributed by atoms with Gasteiger partial charge in [0.2, 0.25) is 5.91 Å². The largest absolute Gasteiger partial charge is 0.409 e. The van der Waals surface area contributed by atoms with Crippen LogP contribution in [0.5, 0.6) is 0 Å². The van der Waals surface area contributed by atoms with E-state index in [0.29, 0.717) is 25.3 Å². The Morgan fingerprint density at radius 2 is 2.00 bits per heavy atom. The smallest absolute Gasteiger partial charge is 0.220 e. The van der Waals surface area contributed by atoms with E-state index in [0.717, 1.165) is 12.8 Å². The van der Waals surface area contributed by atoms with Crippen LogP contribution in [0.4, 0.5) is 0 Å². The number of amides is 1. The highest BCUT2D eigenvalue weighted by molar-refractivity contribution is 5.79. The molecule has 1 rings (SSSR count). The Bertz CT molecular complexity index is 273. The Morgan fingerprint density at radius 3 is 2.67 bits per heavy atom. The Labute approximate surface area is 109 Å². The standard InChI is InChI=1S/C13H25N3O2/c14-12(16-18)8-4-5-9-15-13(17)10-11-6-2-1-3-7-11/h11,18H,1-10H2,(H2,14,16)(H,15,17). The molecule has 1 saturated carbocycles. The van der Waals surface area contributed by atoms with Crippen LogP contribution in [0.15, 0.2) is 5.16 Å². The van der Waals surface area contributed by atoms with Crippen molar-refractivity contribution in [2.75, 3.05) is 6.54 Å². The highest BCUT2D eigenvalue weighted by Gasteiger charge is 2.16. The monoisotopic (exact) mass is 255 g/mol. The topological polar surface area (TPSA) is 87.7 Å². The van der Waals surface area contributed by atoms with Gasteiger partial charge in [0, 0.05) is 19.4 Å². The van der Waals surface area contributed by atoms with E-state index in [1.165, 1.54) is 32.1 Å². The van der Waals surface area contributed by atoms with Crippen LogP contribution in [-0.4, -0.2) is 23.5 Å². The molecule has 0 saturated heterocycles. The summed E-state index contributed by atoms with van der Waals surface area (Å²) in [5.74, 6) is 1.02. The summed E-state index contributed by atoms with van der Waals surface area (Å²) < 4.78 is 0. The molecule has 4 N–H and O–H groups in total. The van der Waals surface area contributed by atoms with Gasteiger partial charge in [-0.2, -0.15) is 0 Å². The number of amidine groups is 1. The predicted octanol–water partition coefficient (Wildman–Crippen LogP) is 1.99. The van der Waals surface area contributed by atoms with E-state index in [-0.39, 0.29) is 11.7 Å². The van der Waals surface area contributed by atoms with Crippen molar-refractivity contribution in [3.63, 3.8) is 0 Å². The lowest BCUT2D eigenvalue weighted by Gasteiger charge is -2.20. The van der Waals surface area contributed by atoms with Gasteiger partial charge in [0.25, 0.3) is 0 Å². The number of unbranched alkanes of at least 4 members (excludes halogenated alkanes) is 1. The van der Waals surface area contributed by atoms with E-state index >= 15 is 0 Å². The third kappa shape index (κ3) is 6.47. The fourth-order valence-corrected chi connectivity index (χ4v) is 2.43. The third-order valence-electron chi connectivity index (χ3n) is 3.51. The summed E-state index contributed by atoms with van der Waals surface area (Å²) in [6.07, 6.45) is 9.25. The molecule has 0 radical (unpaired) electrons. The number of nitrogens with two attached hydrogens (primary N) is 1. The first-order valence-electron chi connectivity index (χ1n) is 6.95. The van der Waals surface area contributed by atoms with Gasteiger partial charge in [-0.05, 0) is 31.6 Å². The van der Waals surface area contributed by atoms with Crippen LogP contribution in [0.25, 0.3) is 0 Å². The fourth-order valence-electron chi connectivity index (χ4n) is 2.43. The number of carbonyl (C=O) groups excluding carboxylic acids is 1. The Balaban J connectivity index is 1.99. The molecule has 0 aromatic heterocycles. The second-order valence-electron chi connectivity index (χ2n) is 5.11. The van der Waals surface area contributed by atoms with Crippen molar-refractivity contribution in [2.24, 2.45) is 16.8 Å². The van der Waals surface area contributed by atoms with Crippen molar-refractivity contribution in [3.05, 3.63) is 0 Å². The van der Waals surface area contributed by atoms with Crippen molar-refractivity contribution in [3.8, 4) is 0 Å². The molecular formula is C13H25N3O2. The van der Waals surface area contributed by atoms with Gasteiger partial charge in [0.15, 0.2) is 0 Å². The molecule has 0 aromatic rings. The van der Waals surface area contributed by atoms with Gasteiger partial charge < -0.3 is 16.3 Å². The summed E-state index contributed by atoms with van der Waals surface area (Å²) in [5, 5.41) is 14.2. The molecule has 0 spiro atoms. The Morgan fingerprint density at radius 1 is 1.28 bits per heavy atom. The number of nitrogens with zero attached hydrogens (tertiary/aromatic N) is 1. The normalized spacial score (nSPS) is 17.7. The number of carbonyl (C=O) groups is 1. The van der Waals surface area contributed by atoms with E-state index < -0.39 is 0 Å². The van der Waals surface area contributed by atoms with E-state index in [1.54, 1.807) is 0 Å². The van der Waals surface area contributed by atoms with Crippen LogP contribution in [0.2, 0.25) is 0 Å². The fraction of sp³-hybridized carbons (Fsp3) is 0.846. The van der Waals surface area contributed by atoms with Crippen molar-refractivity contribution >= 4 is 11.7 Å². The Hall–Kier alpha value is -1.26. The molecule has 1 aliphatic carbocycles. The lowest BCUT2D eigenvalue weighted by molar-refractivity contribution is -0.122. The first-order chi connectivity index (χ1) is 8.72. The molecule has 104 valence electrons. The summed E-state index contributed by atoms with van der Waals surface area (Å²) in [6, 6.07) is 0. The summed E-state index contributed by atoms with van der Waals surface area (Å²) in [6.45, 7) is 0.685. The molecule has 0 aliphatic heterocycles. The number of nitrogens with one attached hydrogen (secondary N) is 1. The van der Waals surface area contributed by atoms with Crippen LogP contribution in [0.3, 0.4) is 0 Å². The van der Waals surface area contributed by atoms with Crippen LogP contribution in [-0.2, 0) is 4.79 Å². The summed E-state index contributed by atoms with van der Waals surface area (Å²) in [7, 11) is 0. The number of oxime groups is 1. The van der Waals surface area contributed by atoms with Gasteiger partial charge in [-0.25, -0.2) is 0 Å². The zero-order chi connectivity index (χ0) is 13.2. The van der Waals surface area contributed by atoms with Crippen LogP contribution in [0, 0.1) is 5.92 Å². The number of rotatable bonds is 7. The first kappa shape index (κ1) is 14.8. The zero-order valence-corrected chi connectivity index (χ0v) is 11.0. The van der Waals surface area contributed by atoms with E-state index in [4.69, 9.17) is 10.9 Å². The van der Waals surface area contributed by atoms with Crippen molar-refractivity contribution in [1.82, 2.24) is 5.32 Å². The van der Waals surface area contributed by atoms with Gasteiger partial charge in [-0.3, -0.25) is 4.79 Å². The molecule has 1 aliphatic rings. The van der Waals surface area contributed by atoms with E-state index in [1.807, 2.05) is 0 Å². The molecule has 5 heteroatoms. The molecule has 18 heavy (non-hydrogen) atoms. The average Bonchev–Trinajstić information content (AvgIpc) is 2.39. The molecule has 0 bridgehead atoms. The summed E-state index contributed by atoms with van der Waals surface area (Å²) in [4.78, 5) is 11.7. The maximum atomic E-state index is 11.7. The van der Waals surface area contributed by atoms with Gasteiger partial charge >= 0.3 is 0 Å². The van der Waals surface area contributed by atoms with Crippen LogP contribution in [0.1, 0.15) is 57.8 Å². The first-order valence-corrected chi connectivity index (χ1v) is 6.95. The lowest BCUT2D eigenvalue weighted by Crippen LogP contribution is -2.27. The summed E-state index contributed by atoms with van der Waals surface area (Å²) >= 11 is 0. The summed E-state index contributed by atoms with van der Waals surface area (Å²) in [5.41, 5.74) is 5.35. The van der Waals surface area contributed by atoms with Gasteiger partial charge in [-0.15, -0.1) is 0 Å². The van der Waals surface area contributed by atoms with Crippen molar-refractivity contribution in [1.29, 1.82) is 0 Å². The molecule has 5 nitrogen and oxygen atoms in total. The minimum Gasteiger partial charge on any atom is -0.409 e. The predicted molar refractivity (Wildman–Crippen MR) is 71.5 cm³/mol. The van der Waals surface area contributed by atoms with Gasteiger partial charge in [-0.1, -0.05) is 24.4 Å². The van der Waals surface area contributed by atoms with Crippen molar-refractivity contribution in [2.45, 2.75) is 57.8 Å². The van der Waals surface area contributed by atoms with E-state index in [2.05, 4.69) is 10.5 Å². The lowest BCUT2D eigenvalue weighted by atomic mass is 9.87. The van der Waals surface area contributed by atoms with Crippen molar-refractivity contribution < 1.29 is 10.0 Å². The van der Waals surface area contributed by atoms with Crippen LogP contribution >= 0.6 is 0 Å². The molecule has 0 heterocycles. The number of hydrogen-bond acceptors (Lipinski definition) is 3. The maximum absolute atomic E-state index is 11.7. The third-order valence-corrected chi connectivity index (χ3v) is 3.51. The quantitative estimate of drug-likeness (QED) is 0.214. The average molecular weight is 255 g/mol. The second-order valence-corrected chi connectivity index (χ2v) is 5.11. The molecule has 1 fully saturated rings. The minimum atomic E-state index is 0.172. The molecular weight excluding hydrogens is 230 g/mol. The van der Waals surface area contributed by atoms with Gasteiger partial charge in [0.05, 0.1) is 0 Å². The molecule has 0 unspecified atom stereocenters. The SMILES string of the molecule is NC(CCCCNC(=O)CC1CCCCC1)=NO. The molecule has 1 amide bonds. The highest BCUT2D eigenvalue weighted by Crippen LogP contribution is 2.25. The molecule has 0 atom stereocenters. The van der Waals surface area contributed by atoms with Gasteiger partial charge in [0.1, 0.15) is 5.84 Å². The second kappa shape index (κ2) is 8.78. The zero-order valence-electron chi connectivity index (χ0n) is 11.0. The number of hydrogen-bond donors (Lipinski definition) is 3. The maximum Gasteiger partial charge on any atom is 0.220 e. The minimum absolute atomic E-state index is 0.172. The Kier molecular flexibility index (Phi) is 7.22.